The second-order valence-electron chi connectivity index (χ2n) is 7.01. The lowest BCUT2D eigenvalue weighted by Gasteiger charge is -2.19. The van der Waals surface area contributed by atoms with Crippen LogP contribution >= 0.6 is 63.7 Å². The number of Topliss-reactive ketones (excluding diaryl/α,β-unsaturated/α-hetero) is 1. The van der Waals surface area contributed by atoms with Gasteiger partial charge in [-0.3, -0.25) is 4.79 Å². The van der Waals surface area contributed by atoms with Crippen LogP contribution in [-0.2, 0) is 4.79 Å². The molecule has 2 aromatic rings. The summed E-state index contributed by atoms with van der Waals surface area (Å²) < 4.78 is 13.3. The highest BCUT2D eigenvalue weighted by atomic mass is 79.9. The number of alkyl halides is 2. The van der Waals surface area contributed by atoms with Gasteiger partial charge in [-0.15, -0.1) is 0 Å². The Morgan fingerprint density at radius 3 is 1.53 bits per heavy atom. The fraction of sp³-hybridized carbons (Fsp3) is 0.435. The number of hydrogen-bond acceptors (Lipinski definition) is 3. The molecule has 2 unspecified atom stereocenters. The molecule has 0 heterocycles. The topological polar surface area (TPSA) is 35.5 Å². The van der Waals surface area contributed by atoms with Gasteiger partial charge in [-0.25, -0.2) is 0 Å². The van der Waals surface area contributed by atoms with E-state index in [0.717, 1.165) is 55.1 Å². The summed E-state index contributed by atoms with van der Waals surface area (Å²) in [6.45, 7) is 5.22. The quantitative estimate of drug-likeness (QED) is 0.170. The van der Waals surface area contributed by atoms with E-state index in [-0.39, 0.29) is 17.6 Å². The first-order chi connectivity index (χ1) is 14.4. The van der Waals surface area contributed by atoms with Crippen LogP contribution in [0.3, 0.4) is 0 Å². The Morgan fingerprint density at radius 1 is 0.800 bits per heavy atom. The van der Waals surface area contributed by atoms with Crippen LogP contribution in [0.1, 0.15) is 49.7 Å². The molecule has 0 aliphatic carbocycles. The van der Waals surface area contributed by atoms with Crippen LogP contribution in [0.4, 0.5) is 0 Å². The van der Waals surface area contributed by atoms with E-state index in [4.69, 9.17) is 9.47 Å². The van der Waals surface area contributed by atoms with Gasteiger partial charge in [-0.1, -0.05) is 57.8 Å². The standard InChI is InChI=1S/C23H26Br4O3/c1-15(17-5-7-21(19(26)13-17)29-11-3-9-24)23(28)16(2)18-6-8-22(20(27)14-18)30-12-4-10-25/h5-8,13-16H,3-4,9-12H2,1-2H3. The summed E-state index contributed by atoms with van der Waals surface area (Å²) in [4.78, 5) is 13.2. The smallest absolute Gasteiger partial charge is 0.147 e. The van der Waals surface area contributed by atoms with E-state index < -0.39 is 0 Å². The monoisotopic (exact) mass is 666 g/mol. The normalized spacial score (nSPS) is 13.0. The average molecular weight is 670 g/mol. The second-order valence-corrected chi connectivity index (χ2v) is 10.3. The van der Waals surface area contributed by atoms with E-state index in [1.54, 1.807) is 0 Å². The zero-order chi connectivity index (χ0) is 22.1. The van der Waals surface area contributed by atoms with E-state index in [9.17, 15) is 4.79 Å². The molecule has 0 bridgehead atoms. The number of ketones is 1. The van der Waals surface area contributed by atoms with E-state index >= 15 is 0 Å². The molecule has 0 radical (unpaired) electrons. The summed E-state index contributed by atoms with van der Waals surface area (Å²) in [6, 6.07) is 11.8. The third kappa shape index (κ3) is 7.35. The molecule has 0 aliphatic rings. The highest BCUT2D eigenvalue weighted by molar-refractivity contribution is 9.11. The van der Waals surface area contributed by atoms with Gasteiger partial charge < -0.3 is 9.47 Å². The molecule has 0 spiro atoms. The Bertz CT molecular complexity index is 774. The molecule has 0 N–H and O–H groups in total. The number of ether oxygens (including phenoxy) is 2. The summed E-state index contributed by atoms with van der Waals surface area (Å²) in [5.41, 5.74) is 1.95. The maximum atomic E-state index is 13.2. The van der Waals surface area contributed by atoms with E-state index in [0.29, 0.717) is 13.2 Å². The van der Waals surface area contributed by atoms with Crippen molar-refractivity contribution < 1.29 is 14.3 Å². The maximum absolute atomic E-state index is 13.2. The molecule has 0 amide bonds. The molecule has 0 fully saturated rings. The third-order valence-electron chi connectivity index (χ3n) is 4.84. The van der Waals surface area contributed by atoms with Crippen LogP contribution in [0.25, 0.3) is 0 Å². The molecule has 0 saturated carbocycles. The Kier molecular flexibility index (Phi) is 11.4. The largest absolute Gasteiger partial charge is 0.492 e. The SMILES string of the molecule is CC(C(=O)C(C)c1ccc(OCCCBr)c(Br)c1)c1ccc(OCCCBr)c(Br)c1. The lowest BCUT2D eigenvalue weighted by Crippen LogP contribution is -2.16. The number of carbonyl (C=O) groups excluding carboxylic acids is 1. The molecule has 7 heteroatoms. The number of benzene rings is 2. The molecule has 2 atom stereocenters. The molecule has 0 aromatic heterocycles. The number of rotatable bonds is 12. The first-order valence-electron chi connectivity index (χ1n) is 9.89. The highest BCUT2D eigenvalue weighted by Gasteiger charge is 2.24. The number of halogens is 4. The predicted octanol–water partition coefficient (Wildman–Crippen LogP) is 8.02. The lowest BCUT2D eigenvalue weighted by molar-refractivity contribution is -0.121. The van der Waals surface area contributed by atoms with Gasteiger partial charge in [-0.05, 0) is 80.1 Å². The van der Waals surface area contributed by atoms with Gasteiger partial charge in [0.2, 0.25) is 0 Å². The van der Waals surface area contributed by atoms with Crippen molar-refractivity contribution in [2.75, 3.05) is 23.9 Å². The molecule has 30 heavy (non-hydrogen) atoms. The summed E-state index contributed by atoms with van der Waals surface area (Å²) in [7, 11) is 0. The van der Waals surface area contributed by atoms with Crippen molar-refractivity contribution in [1.82, 2.24) is 0 Å². The van der Waals surface area contributed by atoms with Crippen molar-refractivity contribution in [3.05, 3.63) is 56.5 Å². The van der Waals surface area contributed by atoms with Crippen LogP contribution in [0.5, 0.6) is 11.5 Å². The van der Waals surface area contributed by atoms with Crippen molar-refractivity contribution in [2.45, 2.75) is 38.5 Å². The molecular weight excluding hydrogens is 644 g/mol. The van der Waals surface area contributed by atoms with Gasteiger partial charge in [0.1, 0.15) is 17.3 Å². The van der Waals surface area contributed by atoms with E-state index in [1.165, 1.54) is 0 Å². The summed E-state index contributed by atoms with van der Waals surface area (Å²) >= 11 is 13.9. The Hall–Kier alpha value is -0.370. The van der Waals surface area contributed by atoms with Crippen molar-refractivity contribution >= 4 is 69.5 Å². The first kappa shape index (κ1) is 25.9. The minimum absolute atomic E-state index is 0.176. The first-order valence-corrected chi connectivity index (χ1v) is 13.7. The van der Waals surface area contributed by atoms with E-state index in [2.05, 4.69) is 63.7 Å². The zero-order valence-electron chi connectivity index (χ0n) is 17.1. The Morgan fingerprint density at radius 2 is 1.20 bits per heavy atom. The van der Waals surface area contributed by atoms with Gasteiger partial charge in [0.15, 0.2) is 0 Å². The highest BCUT2D eigenvalue weighted by Crippen LogP contribution is 2.34. The Labute approximate surface area is 212 Å². The minimum atomic E-state index is -0.221. The fourth-order valence-electron chi connectivity index (χ4n) is 2.98. The summed E-state index contributed by atoms with van der Waals surface area (Å²) in [5.74, 6) is 1.33. The van der Waals surface area contributed by atoms with Gasteiger partial charge >= 0.3 is 0 Å². The van der Waals surface area contributed by atoms with Gasteiger partial charge in [0.25, 0.3) is 0 Å². The van der Waals surface area contributed by atoms with Gasteiger partial charge in [0.05, 0.1) is 22.2 Å². The third-order valence-corrected chi connectivity index (χ3v) is 7.20. The lowest BCUT2D eigenvalue weighted by atomic mass is 9.86. The molecule has 164 valence electrons. The Balaban J connectivity index is 2.08. The number of hydrogen-bond donors (Lipinski definition) is 0. The second kappa shape index (κ2) is 13.2. The van der Waals surface area contributed by atoms with Crippen molar-refractivity contribution in [3.63, 3.8) is 0 Å². The molecule has 0 aliphatic heterocycles. The number of carbonyl (C=O) groups is 1. The molecule has 2 aromatic carbocycles. The molecular formula is C23H26Br4O3. The van der Waals surface area contributed by atoms with Crippen LogP contribution in [0, 0.1) is 0 Å². The van der Waals surface area contributed by atoms with Gasteiger partial charge in [0, 0.05) is 22.5 Å². The average Bonchev–Trinajstić information content (AvgIpc) is 2.74. The molecule has 2 rings (SSSR count). The summed E-state index contributed by atoms with van der Waals surface area (Å²) in [5, 5.41) is 1.82. The van der Waals surface area contributed by atoms with Crippen LogP contribution in [-0.4, -0.2) is 29.7 Å². The molecule has 0 saturated heterocycles. The maximum Gasteiger partial charge on any atom is 0.147 e. The molecule has 3 nitrogen and oxygen atoms in total. The van der Waals surface area contributed by atoms with Crippen LogP contribution in [0.2, 0.25) is 0 Å². The predicted molar refractivity (Wildman–Crippen MR) is 138 cm³/mol. The van der Waals surface area contributed by atoms with Crippen molar-refractivity contribution in [1.29, 1.82) is 0 Å². The zero-order valence-corrected chi connectivity index (χ0v) is 23.4. The van der Waals surface area contributed by atoms with Crippen LogP contribution < -0.4 is 9.47 Å². The van der Waals surface area contributed by atoms with Crippen molar-refractivity contribution in [2.24, 2.45) is 0 Å². The minimum Gasteiger partial charge on any atom is -0.492 e. The van der Waals surface area contributed by atoms with Gasteiger partial charge in [-0.2, -0.15) is 0 Å². The van der Waals surface area contributed by atoms with E-state index in [1.807, 2.05) is 50.2 Å². The van der Waals surface area contributed by atoms with Crippen molar-refractivity contribution in [3.8, 4) is 11.5 Å². The fourth-order valence-corrected chi connectivity index (χ4v) is 4.46. The van der Waals surface area contributed by atoms with Crippen LogP contribution in [0.15, 0.2) is 45.3 Å². The summed E-state index contributed by atoms with van der Waals surface area (Å²) in [6.07, 6.45) is 1.88.